The molecule has 0 aromatic carbocycles. The highest BCUT2D eigenvalue weighted by atomic mass is 31.2. The Morgan fingerprint density at radius 3 is 1.34 bits per heavy atom. The minimum absolute atomic E-state index is 0.0167. The lowest BCUT2D eigenvalue weighted by atomic mass is 10.1. The van der Waals surface area contributed by atoms with Crippen LogP contribution >= 0.6 is 7.82 Å². The predicted octanol–water partition coefficient (Wildman–Crippen LogP) is 15.5. The van der Waals surface area contributed by atoms with Gasteiger partial charge in [-0.15, -0.1) is 0 Å². The Hall–Kier alpha value is -2.58. The maximum atomic E-state index is 12.7. The molecular formula is C56H98NO7P. The molecule has 0 N–H and O–H groups in total. The van der Waals surface area contributed by atoms with Gasteiger partial charge in [-0.05, 0) is 96.3 Å². The predicted molar refractivity (Wildman–Crippen MR) is 277 cm³/mol. The van der Waals surface area contributed by atoms with Crippen LogP contribution in [0.3, 0.4) is 0 Å². The van der Waals surface area contributed by atoms with E-state index in [-0.39, 0.29) is 25.8 Å². The number of likely N-dealkylation sites (N-methyl/N-ethyl adjacent to an activating group) is 1. The molecule has 0 aromatic rings. The molecule has 0 spiro atoms. The lowest BCUT2D eigenvalue weighted by Crippen LogP contribution is -2.37. The van der Waals surface area contributed by atoms with Crippen LogP contribution in [0.15, 0.2) is 97.2 Å². The third-order valence-corrected chi connectivity index (χ3v) is 11.6. The summed E-state index contributed by atoms with van der Waals surface area (Å²) in [6.07, 6.45) is 65.7. The summed E-state index contributed by atoms with van der Waals surface area (Å²) < 4.78 is 34.7. The van der Waals surface area contributed by atoms with Gasteiger partial charge >= 0.3 is 5.97 Å². The number of carbonyl (C=O) groups is 1. The van der Waals surface area contributed by atoms with E-state index in [0.29, 0.717) is 24.1 Å². The highest BCUT2D eigenvalue weighted by Gasteiger charge is 2.20. The molecule has 0 aromatic heterocycles. The van der Waals surface area contributed by atoms with E-state index in [9.17, 15) is 14.3 Å². The number of hydrogen-bond donors (Lipinski definition) is 0. The quantitative estimate of drug-likeness (QED) is 0.0197. The Bertz CT molecular complexity index is 1360. The van der Waals surface area contributed by atoms with Crippen molar-refractivity contribution in [1.82, 2.24) is 0 Å². The molecule has 0 rings (SSSR count). The molecule has 0 aliphatic rings. The molecule has 65 heavy (non-hydrogen) atoms. The number of carbonyl (C=O) groups excluding carboxylic acids is 1. The van der Waals surface area contributed by atoms with Crippen LogP contribution in [0.5, 0.6) is 0 Å². The minimum Gasteiger partial charge on any atom is -0.756 e. The van der Waals surface area contributed by atoms with E-state index < -0.39 is 13.9 Å². The second-order valence-electron chi connectivity index (χ2n) is 18.1. The van der Waals surface area contributed by atoms with Crippen molar-refractivity contribution in [2.75, 3.05) is 54.1 Å². The zero-order chi connectivity index (χ0) is 47.6. The topological polar surface area (TPSA) is 94.1 Å². The summed E-state index contributed by atoms with van der Waals surface area (Å²) >= 11 is 0. The van der Waals surface area contributed by atoms with Crippen LogP contribution < -0.4 is 4.89 Å². The highest BCUT2D eigenvalue weighted by Crippen LogP contribution is 2.38. The normalized spacial score (nSPS) is 14.4. The molecule has 0 amide bonds. The van der Waals surface area contributed by atoms with Crippen LogP contribution in [0, 0.1) is 0 Å². The van der Waals surface area contributed by atoms with Gasteiger partial charge in [-0.2, -0.15) is 0 Å². The first-order valence-corrected chi connectivity index (χ1v) is 27.4. The van der Waals surface area contributed by atoms with Crippen molar-refractivity contribution in [2.24, 2.45) is 0 Å². The third kappa shape index (κ3) is 52.3. The van der Waals surface area contributed by atoms with Crippen LogP contribution in [0.4, 0.5) is 0 Å². The van der Waals surface area contributed by atoms with E-state index in [1.54, 1.807) is 0 Å². The monoisotopic (exact) mass is 928 g/mol. The van der Waals surface area contributed by atoms with Gasteiger partial charge in [-0.3, -0.25) is 9.36 Å². The Labute approximate surface area is 400 Å². The first kappa shape index (κ1) is 62.4. The van der Waals surface area contributed by atoms with Crippen molar-refractivity contribution >= 4 is 13.8 Å². The fraction of sp³-hybridized carbons (Fsp3) is 0.696. The summed E-state index contributed by atoms with van der Waals surface area (Å²) in [4.78, 5) is 25.2. The Kier molecular flexibility index (Phi) is 46.0. The first-order chi connectivity index (χ1) is 31.6. The van der Waals surface area contributed by atoms with Crippen molar-refractivity contribution in [1.29, 1.82) is 0 Å². The lowest BCUT2D eigenvalue weighted by Gasteiger charge is -2.28. The maximum Gasteiger partial charge on any atom is 0.306 e. The van der Waals surface area contributed by atoms with Crippen LogP contribution in [0.25, 0.3) is 0 Å². The number of rotatable bonds is 47. The molecule has 8 nitrogen and oxygen atoms in total. The molecule has 0 saturated heterocycles. The van der Waals surface area contributed by atoms with Crippen molar-refractivity contribution in [3.05, 3.63) is 97.2 Å². The number of phosphoric acid groups is 1. The van der Waals surface area contributed by atoms with E-state index in [2.05, 4.69) is 111 Å². The van der Waals surface area contributed by atoms with Gasteiger partial charge in [0, 0.05) is 13.0 Å². The van der Waals surface area contributed by atoms with Crippen molar-refractivity contribution < 1.29 is 37.3 Å². The van der Waals surface area contributed by atoms with Gasteiger partial charge in [0.1, 0.15) is 19.3 Å². The second-order valence-corrected chi connectivity index (χ2v) is 19.6. The summed E-state index contributed by atoms with van der Waals surface area (Å²) in [7, 11) is 1.33. The summed E-state index contributed by atoms with van der Waals surface area (Å²) in [5, 5.41) is 0. The molecule has 0 heterocycles. The molecule has 0 radical (unpaired) electrons. The van der Waals surface area contributed by atoms with Gasteiger partial charge in [-0.1, -0.05) is 188 Å². The fourth-order valence-corrected chi connectivity index (χ4v) is 7.37. The number of nitrogens with zero attached hydrogens (tertiary/aromatic N) is 1. The maximum absolute atomic E-state index is 12.7. The number of esters is 1. The van der Waals surface area contributed by atoms with E-state index in [1.807, 2.05) is 21.1 Å². The molecular weight excluding hydrogens is 830 g/mol. The van der Waals surface area contributed by atoms with Gasteiger partial charge in [-0.25, -0.2) is 0 Å². The fourth-order valence-electron chi connectivity index (χ4n) is 6.64. The van der Waals surface area contributed by atoms with Crippen LogP contribution in [0.1, 0.15) is 194 Å². The van der Waals surface area contributed by atoms with E-state index in [4.69, 9.17) is 18.5 Å². The molecule has 2 unspecified atom stereocenters. The summed E-state index contributed by atoms with van der Waals surface area (Å²) in [6, 6.07) is 0. The summed E-state index contributed by atoms with van der Waals surface area (Å²) in [6.45, 7) is 5.22. The molecule has 0 fully saturated rings. The molecule has 374 valence electrons. The number of allylic oxidation sites excluding steroid dienone is 16. The van der Waals surface area contributed by atoms with E-state index in [1.165, 1.54) is 77.0 Å². The van der Waals surface area contributed by atoms with Crippen LogP contribution in [-0.4, -0.2) is 70.7 Å². The molecule has 0 bridgehead atoms. The van der Waals surface area contributed by atoms with Crippen LogP contribution in [0.2, 0.25) is 0 Å². The van der Waals surface area contributed by atoms with Gasteiger partial charge in [0.2, 0.25) is 0 Å². The number of ether oxygens (including phenoxy) is 2. The third-order valence-electron chi connectivity index (χ3n) is 10.6. The van der Waals surface area contributed by atoms with Gasteiger partial charge in [0.15, 0.2) is 0 Å². The zero-order valence-electron chi connectivity index (χ0n) is 42.4. The van der Waals surface area contributed by atoms with Crippen molar-refractivity contribution in [2.45, 2.75) is 200 Å². The average molecular weight is 928 g/mol. The van der Waals surface area contributed by atoms with Crippen molar-refractivity contribution in [3.8, 4) is 0 Å². The van der Waals surface area contributed by atoms with Crippen LogP contribution in [-0.2, 0) is 27.9 Å². The molecule has 2 atom stereocenters. The standard InChI is InChI=1S/C56H98NO7P/c1-6-8-10-12-14-16-18-20-22-24-25-26-27-28-29-30-31-32-34-36-38-40-42-44-46-48-51-61-53-55(54-63-65(59,60)62-52-50-57(3,4)5)64-56(58)49-47-45-43-41-39-37-35-33-23-21-19-17-15-13-11-9-7-2/h8,10,14-17,20-23,25-26,28-29,31-32,55H,6-7,9,11-13,18-19,24,27,30,33-54H2,1-5H3/b10-8-,16-14-,17-15-,22-20-,23-21-,26-25-,29-28-,32-31-. The zero-order valence-corrected chi connectivity index (χ0v) is 43.3. The van der Waals surface area contributed by atoms with Gasteiger partial charge in [0.05, 0.1) is 34.4 Å². The second kappa shape index (κ2) is 47.9. The average Bonchev–Trinajstić information content (AvgIpc) is 3.27. The largest absolute Gasteiger partial charge is 0.756 e. The first-order valence-electron chi connectivity index (χ1n) is 26.0. The number of hydrogen-bond acceptors (Lipinski definition) is 7. The minimum atomic E-state index is -4.54. The smallest absolute Gasteiger partial charge is 0.306 e. The number of unbranched alkanes of at least 4 members (excludes halogenated alkanes) is 17. The Morgan fingerprint density at radius 2 is 0.892 bits per heavy atom. The Morgan fingerprint density at radius 1 is 0.492 bits per heavy atom. The lowest BCUT2D eigenvalue weighted by molar-refractivity contribution is -0.870. The summed E-state index contributed by atoms with van der Waals surface area (Å²) in [5.74, 6) is -0.350. The molecule has 9 heteroatoms. The van der Waals surface area contributed by atoms with Gasteiger partial charge in [0.25, 0.3) is 7.82 Å². The highest BCUT2D eigenvalue weighted by molar-refractivity contribution is 7.45. The van der Waals surface area contributed by atoms with E-state index in [0.717, 1.165) is 96.3 Å². The molecule has 0 saturated carbocycles. The summed E-state index contributed by atoms with van der Waals surface area (Å²) in [5.41, 5.74) is 0. The number of phosphoric ester groups is 1. The molecule has 0 aliphatic heterocycles. The molecule has 0 aliphatic carbocycles. The number of quaternary nitrogens is 1. The Balaban J connectivity index is 4.19. The van der Waals surface area contributed by atoms with Crippen molar-refractivity contribution in [3.63, 3.8) is 0 Å². The van der Waals surface area contributed by atoms with Gasteiger partial charge < -0.3 is 27.9 Å². The SMILES string of the molecule is CC/C=C\C/C=C\C/C=C\C/C=C\C/C=C\C/C=C\CCCCCCCCCOCC(COP(=O)([O-])OCC[N+](C)(C)C)OC(=O)CCCCCCCCC/C=C\C/C=C\CCCCC. The van der Waals surface area contributed by atoms with E-state index >= 15 is 0 Å².